The lowest BCUT2D eigenvalue weighted by Crippen LogP contribution is -2.35. The van der Waals surface area contributed by atoms with Crippen molar-refractivity contribution in [1.82, 2.24) is 14.9 Å². The Morgan fingerprint density at radius 1 is 0.913 bits per heavy atom. The Hall–Kier alpha value is -2.17. The van der Waals surface area contributed by atoms with Gasteiger partial charge in [-0.25, -0.2) is 9.97 Å². The Labute approximate surface area is 136 Å². The Morgan fingerprint density at radius 2 is 1.65 bits per heavy atom. The predicted molar refractivity (Wildman–Crippen MR) is 90.7 cm³/mol. The molecule has 2 aliphatic rings. The van der Waals surface area contributed by atoms with Crippen molar-refractivity contribution in [3.05, 3.63) is 30.1 Å². The van der Waals surface area contributed by atoms with Gasteiger partial charge >= 0.3 is 0 Å². The van der Waals surface area contributed by atoms with Gasteiger partial charge in [-0.3, -0.25) is 4.79 Å². The molecule has 2 fully saturated rings. The summed E-state index contributed by atoms with van der Waals surface area (Å²) in [5.74, 6) is 1.11. The monoisotopic (exact) mass is 310 g/mol. The largest absolute Gasteiger partial charge is 0.356 e. The number of fused-ring (bicyclic) bond motifs is 1. The standard InChI is InChI=1S/C18H22N4O/c23-18(22-10-2-1-3-11-22)14-6-7-16-15(12-14)17(20-13-19-16)21-8-4-5-9-21/h6-7,12-13H,1-5,8-11H2. The van der Waals surface area contributed by atoms with Gasteiger partial charge in [0.05, 0.1) is 5.52 Å². The van der Waals surface area contributed by atoms with Crippen molar-refractivity contribution in [3.63, 3.8) is 0 Å². The maximum Gasteiger partial charge on any atom is 0.253 e. The zero-order valence-corrected chi connectivity index (χ0v) is 13.4. The van der Waals surface area contributed by atoms with Gasteiger partial charge in [0.25, 0.3) is 5.91 Å². The highest BCUT2D eigenvalue weighted by atomic mass is 16.2. The zero-order chi connectivity index (χ0) is 15.6. The second-order valence-electron chi connectivity index (χ2n) is 6.48. The number of piperidine rings is 1. The van der Waals surface area contributed by atoms with Gasteiger partial charge in [-0.2, -0.15) is 0 Å². The van der Waals surface area contributed by atoms with Crippen LogP contribution in [0.2, 0.25) is 0 Å². The maximum atomic E-state index is 12.7. The molecule has 2 aromatic rings. The number of nitrogens with zero attached hydrogens (tertiary/aromatic N) is 4. The van der Waals surface area contributed by atoms with Crippen LogP contribution in [0.3, 0.4) is 0 Å². The summed E-state index contributed by atoms with van der Waals surface area (Å²) in [6.07, 6.45) is 7.50. The summed E-state index contributed by atoms with van der Waals surface area (Å²) in [5.41, 5.74) is 1.67. The van der Waals surface area contributed by atoms with Gasteiger partial charge in [-0.15, -0.1) is 0 Å². The van der Waals surface area contributed by atoms with Crippen LogP contribution < -0.4 is 4.90 Å². The molecule has 4 rings (SSSR count). The third-order valence-corrected chi connectivity index (χ3v) is 4.91. The van der Waals surface area contributed by atoms with E-state index in [9.17, 15) is 4.79 Å². The van der Waals surface area contributed by atoms with Gasteiger partial charge < -0.3 is 9.80 Å². The average molecular weight is 310 g/mol. The van der Waals surface area contributed by atoms with E-state index in [1.54, 1.807) is 6.33 Å². The molecule has 0 saturated carbocycles. The van der Waals surface area contributed by atoms with Crippen molar-refractivity contribution < 1.29 is 4.79 Å². The molecule has 0 N–H and O–H groups in total. The van der Waals surface area contributed by atoms with Crippen LogP contribution in [0.25, 0.3) is 10.9 Å². The fraction of sp³-hybridized carbons (Fsp3) is 0.500. The topological polar surface area (TPSA) is 49.3 Å². The van der Waals surface area contributed by atoms with E-state index in [0.29, 0.717) is 0 Å². The number of hydrogen-bond acceptors (Lipinski definition) is 4. The quantitative estimate of drug-likeness (QED) is 0.856. The number of rotatable bonds is 2. The molecule has 2 saturated heterocycles. The molecule has 0 atom stereocenters. The Kier molecular flexibility index (Phi) is 3.85. The number of benzene rings is 1. The zero-order valence-electron chi connectivity index (χ0n) is 13.4. The van der Waals surface area contributed by atoms with E-state index < -0.39 is 0 Å². The lowest BCUT2D eigenvalue weighted by Gasteiger charge is -2.27. The summed E-state index contributed by atoms with van der Waals surface area (Å²) in [5, 5.41) is 0.997. The fourth-order valence-electron chi connectivity index (χ4n) is 3.64. The highest BCUT2D eigenvalue weighted by Gasteiger charge is 2.21. The molecule has 0 unspecified atom stereocenters. The Balaban J connectivity index is 1.71. The normalized spacial score (nSPS) is 18.6. The first-order valence-electron chi connectivity index (χ1n) is 8.62. The van der Waals surface area contributed by atoms with Crippen molar-refractivity contribution in [1.29, 1.82) is 0 Å². The molecule has 23 heavy (non-hydrogen) atoms. The lowest BCUT2D eigenvalue weighted by molar-refractivity contribution is 0.0724. The maximum absolute atomic E-state index is 12.7. The van der Waals surface area contributed by atoms with Crippen molar-refractivity contribution in [2.45, 2.75) is 32.1 Å². The average Bonchev–Trinajstić information content (AvgIpc) is 3.15. The van der Waals surface area contributed by atoms with Crippen molar-refractivity contribution in [2.24, 2.45) is 0 Å². The van der Waals surface area contributed by atoms with E-state index >= 15 is 0 Å². The van der Waals surface area contributed by atoms with Gasteiger partial charge in [0.15, 0.2) is 0 Å². The van der Waals surface area contributed by atoms with Gasteiger partial charge in [-0.05, 0) is 50.3 Å². The number of carbonyl (C=O) groups excluding carboxylic acids is 1. The van der Waals surface area contributed by atoms with E-state index in [4.69, 9.17) is 0 Å². The number of amides is 1. The first-order chi connectivity index (χ1) is 11.3. The van der Waals surface area contributed by atoms with E-state index in [1.165, 1.54) is 19.3 Å². The van der Waals surface area contributed by atoms with Crippen molar-refractivity contribution in [3.8, 4) is 0 Å². The molecular weight excluding hydrogens is 288 g/mol. The lowest BCUT2D eigenvalue weighted by atomic mass is 10.1. The minimum absolute atomic E-state index is 0.142. The molecule has 120 valence electrons. The van der Waals surface area contributed by atoms with E-state index in [0.717, 1.165) is 61.3 Å². The number of carbonyl (C=O) groups is 1. The highest BCUT2D eigenvalue weighted by molar-refractivity contribution is 6.00. The summed E-state index contributed by atoms with van der Waals surface area (Å²) in [6.45, 7) is 3.83. The summed E-state index contributed by atoms with van der Waals surface area (Å²) >= 11 is 0. The van der Waals surface area contributed by atoms with E-state index in [2.05, 4.69) is 14.9 Å². The first-order valence-corrected chi connectivity index (χ1v) is 8.62. The minimum Gasteiger partial charge on any atom is -0.356 e. The molecule has 1 amide bonds. The number of anilines is 1. The molecule has 2 aliphatic heterocycles. The van der Waals surface area contributed by atoms with Crippen molar-refractivity contribution in [2.75, 3.05) is 31.1 Å². The Bertz CT molecular complexity index is 718. The summed E-state index contributed by atoms with van der Waals surface area (Å²) in [4.78, 5) is 25.9. The minimum atomic E-state index is 0.142. The molecule has 5 nitrogen and oxygen atoms in total. The molecule has 1 aromatic heterocycles. The van der Waals surface area contributed by atoms with Crippen LogP contribution in [0.5, 0.6) is 0 Å². The molecule has 5 heteroatoms. The molecule has 0 radical (unpaired) electrons. The number of hydrogen-bond donors (Lipinski definition) is 0. The predicted octanol–water partition coefficient (Wildman–Crippen LogP) is 2.86. The van der Waals surface area contributed by atoms with Crippen molar-refractivity contribution >= 4 is 22.6 Å². The molecular formula is C18H22N4O. The SMILES string of the molecule is O=C(c1ccc2ncnc(N3CCCC3)c2c1)N1CCCCC1. The van der Waals surface area contributed by atoms with Crippen LogP contribution in [0.1, 0.15) is 42.5 Å². The molecule has 0 spiro atoms. The molecule has 1 aromatic carbocycles. The van der Waals surface area contributed by atoms with Crippen LogP contribution in [-0.2, 0) is 0 Å². The fourth-order valence-corrected chi connectivity index (χ4v) is 3.64. The third kappa shape index (κ3) is 2.76. The van der Waals surface area contributed by atoms with Gasteiger partial charge in [0.2, 0.25) is 0 Å². The van der Waals surface area contributed by atoms with Gasteiger partial charge in [0, 0.05) is 37.1 Å². The molecule has 3 heterocycles. The van der Waals surface area contributed by atoms with Gasteiger partial charge in [0.1, 0.15) is 12.1 Å². The van der Waals surface area contributed by atoms with Crippen LogP contribution >= 0.6 is 0 Å². The first kappa shape index (κ1) is 14.4. The second kappa shape index (κ2) is 6.14. The van der Waals surface area contributed by atoms with E-state index in [-0.39, 0.29) is 5.91 Å². The summed E-state index contributed by atoms with van der Waals surface area (Å²) in [7, 11) is 0. The third-order valence-electron chi connectivity index (χ3n) is 4.91. The molecule has 0 bridgehead atoms. The second-order valence-corrected chi connectivity index (χ2v) is 6.48. The van der Waals surface area contributed by atoms with Crippen LogP contribution in [0, 0.1) is 0 Å². The number of aromatic nitrogens is 2. The van der Waals surface area contributed by atoms with Crippen LogP contribution in [-0.4, -0.2) is 47.0 Å². The highest BCUT2D eigenvalue weighted by Crippen LogP contribution is 2.27. The summed E-state index contributed by atoms with van der Waals surface area (Å²) in [6, 6.07) is 5.84. The van der Waals surface area contributed by atoms with Crippen LogP contribution in [0.15, 0.2) is 24.5 Å². The van der Waals surface area contributed by atoms with E-state index in [1.807, 2.05) is 23.1 Å². The number of likely N-dealkylation sites (tertiary alicyclic amines) is 1. The molecule has 0 aliphatic carbocycles. The van der Waals surface area contributed by atoms with Gasteiger partial charge in [-0.1, -0.05) is 0 Å². The van der Waals surface area contributed by atoms with Crippen LogP contribution in [0.4, 0.5) is 5.82 Å². The summed E-state index contributed by atoms with van der Waals surface area (Å²) < 4.78 is 0. The Morgan fingerprint density at radius 3 is 2.43 bits per heavy atom. The smallest absolute Gasteiger partial charge is 0.253 e.